The highest BCUT2D eigenvalue weighted by Gasteiger charge is 2.41. The van der Waals surface area contributed by atoms with Crippen LogP contribution >= 0.6 is 0 Å². The van der Waals surface area contributed by atoms with Crippen LogP contribution in [0.2, 0.25) is 0 Å². The zero-order valence-corrected chi connectivity index (χ0v) is 13.4. The number of hydrogen-bond donors (Lipinski definition) is 2. The van der Waals surface area contributed by atoms with E-state index < -0.39 is 30.5 Å². The Morgan fingerprint density at radius 3 is 2.32 bits per heavy atom. The summed E-state index contributed by atoms with van der Waals surface area (Å²) in [6.07, 6.45) is -5.80. The molecule has 130 valence electrons. The summed E-state index contributed by atoms with van der Waals surface area (Å²) >= 11 is 0. The van der Waals surface area contributed by atoms with E-state index in [2.05, 4.69) is 5.32 Å². The van der Waals surface area contributed by atoms with Crippen LogP contribution in [-0.2, 0) is 4.74 Å². The molecule has 2 atom stereocenters. The number of nitrogens with zero attached hydrogens (tertiary/aromatic N) is 1. The molecule has 0 aliphatic heterocycles. The van der Waals surface area contributed by atoms with Crippen LogP contribution in [0.1, 0.15) is 33.6 Å². The number of hydrogen-bond acceptors (Lipinski definition) is 4. The van der Waals surface area contributed by atoms with Crippen LogP contribution in [0, 0.1) is 5.92 Å². The quantitative estimate of drug-likeness (QED) is 0.785. The van der Waals surface area contributed by atoms with Gasteiger partial charge in [-0.1, -0.05) is 0 Å². The van der Waals surface area contributed by atoms with E-state index in [0.29, 0.717) is 0 Å². The number of nitrogens with one attached hydrogen (secondary N) is 1. The predicted molar refractivity (Wildman–Crippen MR) is 75.4 cm³/mol. The highest BCUT2D eigenvalue weighted by molar-refractivity contribution is 5.67. The van der Waals surface area contributed by atoms with Crippen LogP contribution < -0.4 is 5.32 Å². The molecule has 0 saturated heterocycles. The van der Waals surface area contributed by atoms with Gasteiger partial charge in [-0.25, -0.2) is 4.79 Å². The fraction of sp³-hybridized carbons (Fsp3) is 0.929. The second-order valence-corrected chi connectivity index (χ2v) is 6.78. The van der Waals surface area contributed by atoms with Crippen molar-refractivity contribution in [2.75, 3.05) is 20.1 Å². The second kappa shape index (κ2) is 7.04. The van der Waals surface area contributed by atoms with Crippen molar-refractivity contribution in [1.82, 2.24) is 10.2 Å². The third-order valence-corrected chi connectivity index (χ3v) is 3.43. The lowest BCUT2D eigenvalue weighted by atomic mass is 10.1. The van der Waals surface area contributed by atoms with E-state index >= 15 is 0 Å². The van der Waals surface area contributed by atoms with Gasteiger partial charge in [0.25, 0.3) is 0 Å². The summed E-state index contributed by atoms with van der Waals surface area (Å²) in [5.74, 6) is 0.236. The number of carbonyl (C=O) groups is 1. The number of alkyl halides is 3. The van der Waals surface area contributed by atoms with Crippen molar-refractivity contribution in [3.8, 4) is 0 Å². The molecular weight excluding hydrogens is 301 g/mol. The zero-order valence-electron chi connectivity index (χ0n) is 13.4. The molecule has 0 heterocycles. The highest BCUT2D eigenvalue weighted by atomic mass is 19.4. The molecule has 1 amide bonds. The van der Waals surface area contributed by atoms with Gasteiger partial charge in [-0.05, 0) is 46.6 Å². The Balaban J connectivity index is 2.50. The Bertz CT molecular complexity index is 379. The van der Waals surface area contributed by atoms with Crippen molar-refractivity contribution in [2.45, 2.75) is 57.5 Å². The zero-order chi connectivity index (χ0) is 17.1. The molecule has 0 aromatic heterocycles. The molecule has 8 heteroatoms. The van der Waals surface area contributed by atoms with E-state index in [4.69, 9.17) is 9.84 Å². The number of ether oxygens (including phenoxy) is 1. The molecule has 5 nitrogen and oxygen atoms in total. The van der Waals surface area contributed by atoms with Crippen LogP contribution in [0.25, 0.3) is 0 Å². The fourth-order valence-corrected chi connectivity index (χ4v) is 2.18. The number of aliphatic hydroxyl groups is 1. The minimum Gasteiger partial charge on any atom is -0.444 e. The molecule has 1 aliphatic carbocycles. The lowest BCUT2D eigenvalue weighted by Gasteiger charge is -2.31. The molecule has 0 bridgehead atoms. The molecule has 1 saturated carbocycles. The van der Waals surface area contributed by atoms with Gasteiger partial charge in [0.05, 0.1) is 0 Å². The average Bonchev–Trinajstić information content (AvgIpc) is 3.09. The normalized spacial score (nSPS) is 19.0. The second-order valence-electron chi connectivity index (χ2n) is 6.78. The molecule has 22 heavy (non-hydrogen) atoms. The van der Waals surface area contributed by atoms with Crippen LogP contribution in [-0.4, -0.2) is 60.2 Å². The van der Waals surface area contributed by atoms with Gasteiger partial charge >= 0.3 is 12.3 Å². The van der Waals surface area contributed by atoms with E-state index in [1.54, 1.807) is 20.8 Å². The van der Waals surface area contributed by atoms with Gasteiger partial charge in [0.1, 0.15) is 5.60 Å². The fourth-order valence-electron chi connectivity index (χ4n) is 2.18. The van der Waals surface area contributed by atoms with Crippen LogP contribution in [0.4, 0.5) is 18.0 Å². The molecule has 2 N–H and O–H groups in total. The van der Waals surface area contributed by atoms with Gasteiger partial charge in [0.2, 0.25) is 0 Å². The first-order chi connectivity index (χ1) is 9.90. The van der Waals surface area contributed by atoms with E-state index in [1.165, 1.54) is 11.9 Å². The van der Waals surface area contributed by atoms with E-state index in [0.717, 1.165) is 12.8 Å². The van der Waals surface area contributed by atoms with E-state index in [-0.39, 0.29) is 18.5 Å². The van der Waals surface area contributed by atoms with Crippen LogP contribution in [0.5, 0.6) is 0 Å². The van der Waals surface area contributed by atoms with Crippen molar-refractivity contribution < 1.29 is 27.8 Å². The van der Waals surface area contributed by atoms with E-state index in [9.17, 15) is 18.0 Å². The van der Waals surface area contributed by atoms with Gasteiger partial charge in [-0.2, -0.15) is 13.2 Å². The third kappa shape index (κ3) is 6.83. The Morgan fingerprint density at radius 2 is 1.91 bits per heavy atom. The molecule has 0 radical (unpaired) electrons. The summed E-state index contributed by atoms with van der Waals surface area (Å²) < 4.78 is 42.4. The first-order valence-corrected chi connectivity index (χ1v) is 7.32. The van der Waals surface area contributed by atoms with Gasteiger partial charge in [0, 0.05) is 19.1 Å². The average molecular weight is 326 g/mol. The summed E-state index contributed by atoms with van der Waals surface area (Å²) in [6.45, 7) is 4.88. The van der Waals surface area contributed by atoms with Crippen molar-refractivity contribution >= 4 is 6.09 Å². The van der Waals surface area contributed by atoms with E-state index in [1.807, 2.05) is 0 Å². The molecule has 0 aromatic carbocycles. The molecule has 0 spiro atoms. The van der Waals surface area contributed by atoms with Crippen molar-refractivity contribution in [2.24, 2.45) is 5.92 Å². The monoisotopic (exact) mass is 326 g/mol. The smallest absolute Gasteiger partial charge is 0.415 e. The summed E-state index contributed by atoms with van der Waals surface area (Å²) in [4.78, 5) is 13.1. The number of carbonyl (C=O) groups excluding carboxylic acids is 1. The van der Waals surface area contributed by atoms with Crippen LogP contribution in [0.3, 0.4) is 0 Å². The maximum Gasteiger partial charge on any atom is 0.415 e. The van der Waals surface area contributed by atoms with Crippen molar-refractivity contribution in [1.29, 1.82) is 0 Å². The van der Waals surface area contributed by atoms with Crippen molar-refractivity contribution in [3.05, 3.63) is 0 Å². The largest absolute Gasteiger partial charge is 0.444 e. The minimum atomic E-state index is -4.64. The van der Waals surface area contributed by atoms with Crippen molar-refractivity contribution in [3.63, 3.8) is 0 Å². The van der Waals surface area contributed by atoms with Gasteiger partial charge in [0.15, 0.2) is 6.10 Å². The standard InChI is InChI=1S/C14H25F3N2O3/c1-13(2,3)22-12(21)18-7-10(9-5-6-9)19(4)8-11(20)14(15,16)17/h9-11,20H,5-8H2,1-4H3,(H,18,21). The SMILES string of the molecule is CN(CC(O)C(F)(F)F)C(CNC(=O)OC(C)(C)C)C1CC1. The molecular formula is C14H25F3N2O3. The molecule has 0 aromatic rings. The molecule has 1 rings (SSSR count). The lowest BCUT2D eigenvalue weighted by Crippen LogP contribution is -2.49. The first kappa shape index (κ1) is 19.0. The molecule has 1 aliphatic rings. The Kier molecular flexibility index (Phi) is 6.09. The Hall–Kier alpha value is -1.02. The third-order valence-electron chi connectivity index (χ3n) is 3.43. The number of likely N-dealkylation sites (N-methyl/N-ethyl adjacent to an activating group) is 1. The predicted octanol–water partition coefficient (Wildman–Crippen LogP) is 2.14. The molecule has 2 unspecified atom stereocenters. The summed E-state index contributed by atoms with van der Waals surface area (Å²) in [6, 6.07) is -0.246. The number of halogens is 3. The number of alkyl carbamates (subject to hydrolysis) is 1. The minimum absolute atomic E-state index is 0.195. The summed E-state index contributed by atoms with van der Waals surface area (Å²) in [5, 5.41) is 11.7. The topological polar surface area (TPSA) is 61.8 Å². The maximum atomic E-state index is 12.4. The summed E-state index contributed by atoms with van der Waals surface area (Å²) in [5.41, 5.74) is -0.627. The van der Waals surface area contributed by atoms with Gasteiger partial charge < -0.3 is 15.2 Å². The number of aliphatic hydroxyl groups excluding tert-OH is 1. The van der Waals surface area contributed by atoms with Crippen LogP contribution in [0.15, 0.2) is 0 Å². The lowest BCUT2D eigenvalue weighted by molar-refractivity contribution is -0.208. The highest BCUT2D eigenvalue weighted by Crippen LogP contribution is 2.35. The van der Waals surface area contributed by atoms with Gasteiger partial charge in [-0.3, -0.25) is 4.90 Å². The number of rotatable bonds is 6. The summed E-state index contributed by atoms with van der Waals surface area (Å²) in [7, 11) is 1.52. The maximum absolute atomic E-state index is 12.4. The Labute approximate surface area is 128 Å². The number of amides is 1. The molecule has 1 fully saturated rings. The van der Waals surface area contributed by atoms with Gasteiger partial charge in [-0.15, -0.1) is 0 Å². The first-order valence-electron chi connectivity index (χ1n) is 7.32. The Morgan fingerprint density at radius 1 is 1.36 bits per heavy atom.